The van der Waals surface area contributed by atoms with Gasteiger partial charge in [0.1, 0.15) is 5.56 Å². The van der Waals surface area contributed by atoms with Crippen LogP contribution in [0.3, 0.4) is 0 Å². The summed E-state index contributed by atoms with van der Waals surface area (Å²) in [6.45, 7) is 4.70. The quantitative estimate of drug-likeness (QED) is 0.766. The van der Waals surface area contributed by atoms with Gasteiger partial charge in [0, 0.05) is 22.5 Å². The second-order valence-corrected chi connectivity index (χ2v) is 5.88. The van der Waals surface area contributed by atoms with Crippen LogP contribution in [-0.2, 0) is 13.0 Å². The molecule has 2 aromatic heterocycles. The lowest BCUT2D eigenvalue weighted by atomic mass is 10.2. The van der Waals surface area contributed by atoms with Crippen LogP contribution in [0.25, 0.3) is 0 Å². The van der Waals surface area contributed by atoms with Crippen molar-refractivity contribution in [3.8, 4) is 0 Å². The molecule has 20 heavy (non-hydrogen) atoms. The van der Waals surface area contributed by atoms with Gasteiger partial charge in [-0.2, -0.15) is 5.10 Å². The van der Waals surface area contributed by atoms with E-state index in [0.717, 1.165) is 18.5 Å². The zero-order valence-electron chi connectivity index (χ0n) is 12.0. The molecular formula is C14H20N4OS. The minimum atomic E-state index is -0.128. The summed E-state index contributed by atoms with van der Waals surface area (Å²) in [7, 11) is 1.62. The molecule has 0 radical (unpaired) electrons. The SMILES string of the molecule is CCCc1ccc(CNc2n[nH]c(C)c2C(=O)NC)s1. The third kappa shape index (κ3) is 3.19. The highest BCUT2D eigenvalue weighted by Crippen LogP contribution is 2.21. The molecule has 0 aliphatic rings. The fourth-order valence-electron chi connectivity index (χ4n) is 2.03. The van der Waals surface area contributed by atoms with Crippen molar-refractivity contribution in [2.45, 2.75) is 33.2 Å². The van der Waals surface area contributed by atoms with E-state index in [1.54, 1.807) is 18.4 Å². The van der Waals surface area contributed by atoms with Crippen molar-refractivity contribution in [3.63, 3.8) is 0 Å². The van der Waals surface area contributed by atoms with E-state index < -0.39 is 0 Å². The molecule has 0 aliphatic carbocycles. The monoisotopic (exact) mass is 292 g/mol. The first-order valence-electron chi connectivity index (χ1n) is 6.74. The fourth-order valence-corrected chi connectivity index (χ4v) is 3.09. The van der Waals surface area contributed by atoms with Gasteiger partial charge in [0.05, 0.1) is 6.54 Å². The Morgan fingerprint density at radius 1 is 1.40 bits per heavy atom. The number of aromatic amines is 1. The van der Waals surface area contributed by atoms with Gasteiger partial charge in [-0.3, -0.25) is 9.89 Å². The molecule has 1 amide bonds. The highest BCUT2D eigenvalue weighted by molar-refractivity contribution is 7.12. The number of nitrogens with one attached hydrogen (secondary N) is 3. The molecule has 5 nitrogen and oxygen atoms in total. The molecule has 2 heterocycles. The van der Waals surface area contributed by atoms with Crippen molar-refractivity contribution in [1.29, 1.82) is 0 Å². The molecule has 0 bridgehead atoms. The molecule has 0 fully saturated rings. The topological polar surface area (TPSA) is 69.8 Å². The summed E-state index contributed by atoms with van der Waals surface area (Å²) in [5.74, 6) is 0.476. The third-order valence-electron chi connectivity index (χ3n) is 3.05. The smallest absolute Gasteiger partial charge is 0.256 e. The number of aromatic nitrogens is 2. The average molecular weight is 292 g/mol. The number of H-pyrrole nitrogens is 1. The van der Waals surface area contributed by atoms with Crippen molar-refractivity contribution in [2.75, 3.05) is 12.4 Å². The lowest BCUT2D eigenvalue weighted by molar-refractivity contribution is 0.0963. The molecule has 0 unspecified atom stereocenters. The van der Waals surface area contributed by atoms with Crippen LogP contribution >= 0.6 is 11.3 Å². The Morgan fingerprint density at radius 2 is 2.15 bits per heavy atom. The van der Waals surface area contributed by atoms with Crippen molar-refractivity contribution in [2.24, 2.45) is 0 Å². The van der Waals surface area contributed by atoms with Gasteiger partial charge < -0.3 is 10.6 Å². The first-order chi connectivity index (χ1) is 9.65. The molecule has 0 saturated heterocycles. The van der Waals surface area contributed by atoms with Crippen molar-refractivity contribution >= 4 is 23.1 Å². The fraction of sp³-hybridized carbons (Fsp3) is 0.429. The third-order valence-corrected chi connectivity index (χ3v) is 4.19. The van der Waals surface area contributed by atoms with E-state index in [4.69, 9.17) is 0 Å². The number of thiophene rings is 1. The van der Waals surface area contributed by atoms with Crippen LogP contribution in [0.5, 0.6) is 0 Å². The normalized spacial score (nSPS) is 10.6. The number of carbonyl (C=O) groups is 1. The number of amides is 1. The molecule has 3 N–H and O–H groups in total. The molecule has 0 atom stereocenters. The minimum absolute atomic E-state index is 0.128. The second kappa shape index (κ2) is 6.56. The predicted molar refractivity (Wildman–Crippen MR) is 82.4 cm³/mol. The van der Waals surface area contributed by atoms with E-state index in [2.05, 4.69) is 39.9 Å². The Balaban J connectivity index is 2.05. The molecular weight excluding hydrogens is 272 g/mol. The maximum Gasteiger partial charge on any atom is 0.256 e. The zero-order valence-corrected chi connectivity index (χ0v) is 12.9. The number of rotatable bonds is 6. The van der Waals surface area contributed by atoms with Crippen LogP contribution in [-0.4, -0.2) is 23.2 Å². The summed E-state index contributed by atoms with van der Waals surface area (Å²) < 4.78 is 0. The molecule has 0 spiro atoms. The van der Waals surface area contributed by atoms with E-state index in [1.807, 2.05) is 6.92 Å². The summed E-state index contributed by atoms with van der Waals surface area (Å²) in [5.41, 5.74) is 1.35. The Morgan fingerprint density at radius 3 is 2.85 bits per heavy atom. The number of aryl methyl sites for hydroxylation is 2. The van der Waals surface area contributed by atoms with Crippen LogP contribution < -0.4 is 10.6 Å². The molecule has 2 rings (SSSR count). The summed E-state index contributed by atoms with van der Waals surface area (Å²) >= 11 is 1.80. The largest absolute Gasteiger partial charge is 0.363 e. The standard InChI is InChI=1S/C14H20N4OS/c1-4-5-10-6-7-11(20-10)8-16-13-12(14(19)15-3)9(2)17-18-13/h6-7H,4-5,8H2,1-3H3,(H,15,19)(H2,16,17,18). The average Bonchev–Trinajstić information content (AvgIpc) is 3.03. The maximum atomic E-state index is 11.8. The van der Waals surface area contributed by atoms with Gasteiger partial charge in [-0.1, -0.05) is 13.3 Å². The van der Waals surface area contributed by atoms with Gasteiger partial charge in [-0.05, 0) is 25.5 Å². The van der Waals surface area contributed by atoms with Crippen molar-refractivity contribution < 1.29 is 4.79 Å². The minimum Gasteiger partial charge on any atom is -0.363 e. The van der Waals surface area contributed by atoms with Crippen LogP contribution in [0.2, 0.25) is 0 Å². The lowest BCUT2D eigenvalue weighted by Gasteiger charge is -2.04. The van der Waals surface area contributed by atoms with E-state index in [1.165, 1.54) is 9.75 Å². The van der Waals surface area contributed by atoms with E-state index in [9.17, 15) is 4.79 Å². The van der Waals surface area contributed by atoms with Gasteiger partial charge in [0.2, 0.25) is 0 Å². The molecule has 0 aromatic carbocycles. The molecule has 6 heteroatoms. The Bertz CT molecular complexity index is 588. The van der Waals surface area contributed by atoms with Crippen LogP contribution in [0.4, 0.5) is 5.82 Å². The van der Waals surface area contributed by atoms with Crippen molar-refractivity contribution in [3.05, 3.63) is 33.1 Å². The maximum absolute atomic E-state index is 11.8. The van der Waals surface area contributed by atoms with Gasteiger partial charge in [-0.25, -0.2) is 0 Å². The second-order valence-electron chi connectivity index (χ2n) is 4.62. The molecule has 2 aromatic rings. The molecule has 108 valence electrons. The van der Waals surface area contributed by atoms with Crippen LogP contribution in [0.15, 0.2) is 12.1 Å². The Hall–Kier alpha value is -1.82. The van der Waals surface area contributed by atoms with Gasteiger partial charge in [-0.15, -0.1) is 11.3 Å². The van der Waals surface area contributed by atoms with Crippen molar-refractivity contribution in [1.82, 2.24) is 15.5 Å². The van der Waals surface area contributed by atoms with Gasteiger partial charge in [0.25, 0.3) is 5.91 Å². The number of hydrogen-bond acceptors (Lipinski definition) is 4. The summed E-state index contributed by atoms with van der Waals surface area (Å²) in [5, 5.41) is 12.9. The Labute approximate surface area is 122 Å². The number of hydrogen-bond donors (Lipinski definition) is 3. The predicted octanol–water partition coefficient (Wildman–Crippen LogP) is 2.70. The molecule has 0 saturated carbocycles. The summed E-state index contributed by atoms with van der Waals surface area (Å²) in [4.78, 5) is 14.5. The summed E-state index contributed by atoms with van der Waals surface area (Å²) in [6.07, 6.45) is 2.28. The first-order valence-corrected chi connectivity index (χ1v) is 7.55. The highest BCUT2D eigenvalue weighted by atomic mass is 32.1. The summed E-state index contributed by atoms with van der Waals surface area (Å²) in [6, 6.07) is 4.29. The van der Waals surface area contributed by atoms with E-state index in [0.29, 0.717) is 17.9 Å². The van der Waals surface area contributed by atoms with Gasteiger partial charge in [0.15, 0.2) is 5.82 Å². The first kappa shape index (κ1) is 14.6. The number of carbonyl (C=O) groups excluding carboxylic acids is 1. The number of nitrogens with zero attached hydrogens (tertiary/aromatic N) is 1. The van der Waals surface area contributed by atoms with Crippen LogP contribution in [0, 0.1) is 6.92 Å². The van der Waals surface area contributed by atoms with Crippen LogP contribution in [0.1, 0.15) is 39.2 Å². The van der Waals surface area contributed by atoms with E-state index in [-0.39, 0.29) is 5.91 Å². The number of anilines is 1. The molecule has 0 aliphatic heterocycles. The van der Waals surface area contributed by atoms with E-state index >= 15 is 0 Å². The van der Waals surface area contributed by atoms with Gasteiger partial charge >= 0.3 is 0 Å². The Kier molecular flexibility index (Phi) is 4.79. The zero-order chi connectivity index (χ0) is 14.5. The highest BCUT2D eigenvalue weighted by Gasteiger charge is 2.16. The lowest BCUT2D eigenvalue weighted by Crippen LogP contribution is -2.19.